The topological polar surface area (TPSA) is 35.2 Å². The van der Waals surface area contributed by atoms with Crippen molar-refractivity contribution in [3.05, 3.63) is 0 Å². The molecule has 1 saturated carbocycles. The second kappa shape index (κ2) is 6.75. The minimum absolute atomic E-state index is 0.0930. The third kappa shape index (κ3) is 4.76. The van der Waals surface area contributed by atoms with Crippen molar-refractivity contribution in [2.75, 3.05) is 7.11 Å². The first-order chi connectivity index (χ1) is 8.40. The standard InChI is InChI=1S/C13H24F3NO/c1-18-12(8-4-2-3-5-9-12)11(17)7-6-10-13(14,15)16/h11H,2-10,17H2,1H3. The zero-order valence-corrected chi connectivity index (χ0v) is 11.1. The molecule has 1 rings (SSSR count). The summed E-state index contributed by atoms with van der Waals surface area (Å²) < 4.78 is 42.0. The highest BCUT2D eigenvalue weighted by Gasteiger charge is 2.37. The fourth-order valence-electron chi connectivity index (χ4n) is 2.84. The van der Waals surface area contributed by atoms with Crippen molar-refractivity contribution in [2.45, 2.75) is 75.6 Å². The Kier molecular flexibility index (Phi) is 5.92. The van der Waals surface area contributed by atoms with Gasteiger partial charge in [-0.15, -0.1) is 0 Å². The van der Waals surface area contributed by atoms with Gasteiger partial charge in [0.1, 0.15) is 0 Å². The van der Waals surface area contributed by atoms with Gasteiger partial charge in [-0.1, -0.05) is 25.7 Å². The molecule has 0 saturated heterocycles. The molecule has 0 heterocycles. The highest BCUT2D eigenvalue weighted by atomic mass is 19.4. The molecule has 1 aliphatic rings. The van der Waals surface area contributed by atoms with Crippen LogP contribution in [0.25, 0.3) is 0 Å². The maximum Gasteiger partial charge on any atom is 0.389 e. The smallest absolute Gasteiger partial charge is 0.377 e. The van der Waals surface area contributed by atoms with Crippen LogP contribution in [0.3, 0.4) is 0 Å². The van der Waals surface area contributed by atoms with Gasteiger partial charge in [0.25, 0.3) is 0 Å². The highest BCUT2D eigenvalue weighted by molar-refractivity contribution is 4.92. The Labute approximate surface area is 107 Å². The van der Waals surface area contributed by atoms with E-state index in [9.17, 15) is 13.2 Å². The normalized spacial score (nSPS) is 22.5. The number of nitrogens with two attached hydrogens (primary N) is 1. The highest BCUT2D eigenvalue weighted by Crippen LogP contribution is 2.34. The van der Waals surface area contributed by atoms with E-state index in [1.807, 2.05) is 0 Å². The molecule has 5 heteroatoms. The number of rotatable bonds is 5. The van der Waals surface area contributed by atoms with Crippen molar-refractivity contribution in [3.8, 4) is 0 Å². The minimum atomic E-state index is -4.08. The first-order valence-corrected chi connectivity index (χ1v) is 6.77. The summed E-state index contributed by atoms with van der Waals surface area (Å²) >= 11 is 0. The number of hydrogen-bond acceptors (Lipinski definition) is 2. The lowest BCUT2D eigenvalue weighted by atomic mass is 9.84. The van der Waals surface area contributed by atoms with Crippen molar-refractivity contribution in [1.29, 1.82) is 0 Å². The van der Waals surface area contributed by atoms with E-state index in [0.29, 0.717) is 6.42 Å². The van der Waals surface area contributed by atoms with Crippen LogP contribution < -0.4 is 5.73 Å². The molecule has 1 unspecified atom stereocenters. The van der Waals surface area contributed by atoms with Crippen molar-refractivity contribution in [2.24, 2.45) is 5.73 Å². The van der Waals surface area contributed by atoms with Crippen LogP contribution in [-0.2, 0) is 4.74 Å². The fourth-order valence-corrected chi connectivity index (χ4v) is 2.84. The third-order valence-electron chi connectivity index (χ3n) is 4.01. The van der Waals surface area contributed by atoms with Crippen LogP contribution in [0.2, 0.25) is 0 Å². The molecule has 0 amide bonds. The van der Waals surface area contributed by atoms with Gasteiger partial charge in [0, 0.05) is 19.6 Å². The van der Waals surface area contributed by atoms with Crippen LogP contribution in [-0.4, -0.2) is 24.9 Å². The summed E-state index contributed by atoms with van der Waals surface area (Å²) in [7, 11) is 1.63. The Morgan fingerprint density at radius 3 is 2.17 bits per heavy atom. The first kappa shape index (κ1) is 15.8. The van der Waals surface area contributed by atoms with E-state index >= 15 is 0 Å². The van der Waals surface area contributed by atoms with E-state index in [1.54, 1.807) is 7.11 Å². The molecule has 0 radical (unpaired) electrons. The lowest BCUT2D eigenvalue weighted by Gasteiger charge is -2.37. The Morgan fingerprint density at radius 2 is 1.72 bits per heavy atom. The van der Waals surface area contributed by atoms with Gasteiger partial charge in [0.05, 0.1) is 5.60 Å². The van der Waals surface area contributed by atoms with E-state index in [1.165, 1.54) is 12.8 Å². The second-order valence-corrected chi connectivity index (χ2v) is 5.30. The van der Waals surface area contributed by atoms with Crippen LogP contribution >= 0.6 is 0 Å². The maximum atomic E-state index is 12.1. The van der Waals surface area contributed by atoms with Crippen LogP contribution in [0, 0.1) is 0 Å². The van der Waals surface area contributed by atoms with Gasteiger partial charge in [-0.3, -0.25) is 0 Å². The molecule has 0 aromatic carbocycles. The number of hydrogen-bond donors (Lipinski definition) is 1. The Morgan fingerprint density at radius 1 is 1.17 bits per heavy atom. The van der Waals surface area contributed by atoms with Crippen LogP contribution in [0.15, 0.2) is 0 Å². The number of methoxy groups -OCH3 is 1. The molecule has 2 N–H and O–H groups in total. The van der Waals surface area contributed by atoms with Crippen LogP contribution in [0.1, 0.15) is 57.8 Å². The Hall–Kier alpha value is -0.290. The molecular weight excluding hydrogens is 243 g/mol. The molecule has 18 heavy (non-hydrogen) atoms. The lowest BCUT2D eigenvalue weighted by molar-refractivity contribution is -0.137. The maximum absolute atomic E-state index is 12.1. The zero-order chi connectivity index (χ0) is 13.6. The van der Waals surface area contributed by atoms with Crippen LogP contribution in [0.4, 0.5) is 13.2 Å². The molecule has 1 aliphatic carbocycles. The van der Waals surface area contributed by atoms with Gasteiger partial charge in [0.2, 0.25) is 0 Å². The molecule has 0 aromatic rings. The predicted molar refractivity (Wildman–Crippen MR) is 65.3 cm³/mol. The summed E-state index contributed by atoms with van der Waals surface area (Å²) in [6.45, 7) is 0. The molecule has 1 atom stereocenters. The van der Waals surface area contributed by atoms with Gasteiger partial charge in [0.15, 0.2) is 0 Å². The van der Waals surface area contributed by atoms with Crippen molar-refractivity contribution < 1.29 is 17.9 Å². The lowest BCUT2D eigenvalue weighted by Crippen LogP contribution is -2.49. The van der Waals surface area contributed by atoms with Crippen molar-refractivity contribution >= 4 is 0 Å². The average molecular weight is 267 g/mol. The first-order valence-electron chi connectivity index (χ1n) is 6.77. The molecule has 0 aromatic heterocycles. The predicted octanol–water partition coefficient (Wildman–Crippen LogP) is 3.79. The number of alkyl halides is 3. The monoisotopic (exact) mass is 267 g/mol. The van der Waals surface area contributed by atoms with Gasteiger partial charge in [-0.25, -0.2) is 0 Å². The zero-order valence-electron chi connectivity index (χ0n) is 11.1. The quantitative estimate of drug-likeness (QED) is 0.769. The molecular formula is C13H24F3NO. The Bertz CT molecular complexity index is 235. The van der Waals surface area contributed by atoms with E-state index in [4.69, 9.17) is 10.5 Å². The van der Waals surface area contributed by atoms with E-state index < -0.39 is 18.2 Å². The van der Waals surface area contributed by atoms with Crippen LogP contribution in [0.5, 0.6) is 0 Å². The summed E-state index contributed by atoms with van der Waals surface area (Å²) in [4.78, 5) is 0. The Balaban J connectivity index is 2.47. The third-order valence-corrected chi connectivity index (χ3v) is 4.01. The van der Waals surface area contributed by atoms with Gasteiger partial charge < -0.3 is 10.5 Å². The largest absolute Gasteiger partial charge is 0.389 e. The molecule has 1 fully saturated rings. The summed E-state index contributed by atoms with van der Waals surface area (Å²) in [5.74, 6) is 0. The molecule has 108 valence electrons. The molecule has 0 spiro atoms. The van der Waals surface area contributed by atoms with Crippen molar-refractivity contribution in [3.63, 3.8) is 0 Å². The van der Waals surface area contributed by atoms with E-state index in [2.05, 4.69) is 0 Å². The SMILES string of the molecule is COC1(C(N)CCCC(F)(F)F)CCCCCC1. The summed E-state index contributed by atoms with van der Waals surface area (Å²) in [5.41, 5.74) is 5.70. The summed E-state index contributed by atoms with van der Waals surface area (Å²) in [6, 6.07) is -0.289. The number of ether oxygens (including phenoxy) is 1. The number of halogens is 3. The fraction of sp³-hybridized carbons (Fsp3) is 1.00. The van der Waals surface area contributed by atoms with Crippen molar-refractivity contribution in [1.82, 2.24) is 0 Å². The van der Waals surface area contributed by atoms with Gasteiger partial charge in [-0.05, 0) is 25.7 Å². The molecule has 0 aliphatic heterocycles. The average Bonchev–Trinajstić information content (AvgIpc) is 2.53. The minimum Gasteiger partial charge on any atom is -0.377 e. The van der Waals surface area contributed by atoms with Gasteiger partial charge in [-0.2, -0.15) is 13.2 Å². The van der Waals surface area contributed by atoms with E-state index in [0.717, 1.165) is 25.7 Å². The molecule has 2 nitrogen and oxygen atoms in total. The van der Waals surface area contributed by atoms with E-state index in [-0.39, 0.29) is 12.5 Å². The van der Waals surface area contributed by atoms with Gasteiger partial charge >= 0.3 is 6.18 Å². The summed E-state index contributed by atoms with van der Waals surface area (Å²) in [6.07, 6.45) is 1.84. The summed E-state index contributed by atoms with van der Waals surface area (Å²) in [5, 5.41) is 0. The second-order valence-electron chi connectivity index (χ2n) is 5.30. The molecule has 0 bridgehead atoms.